The maximum atomic E-state index is 12.3. The Labute approximate surface area is 145 Å². The van der Waals surface area contributed by atoms with E-state index in [1.165, 1.54) is 45.6 Å². The molecule has 0 amide bonds. The second-order valence-electron chi connectivity index (χ2n) is 5.02. The van der Waals surface area contributed by atoms with Crippen molar-refractivity contribution in [1.82, 2.24) is 0 Å². The summed E-state index contributed by atoms with van der Waals surface area (Å²) in [5.74, 6) is 0.193. The van der Waals surface area contributed by atoms with Crippen LogP contribution in [-0.4, -0.2) is 39.2 Å². The van der Waals surface area contributed by atoms with Crippen LogP contribution in [0.5, 0.6) is 17.2 Å². The monoisotopic (exact) mass is 341 g/mol. The summed E-state index contributed by atoms with van der Waals surface area (Å²) < 4.78 is 15.3. The molecular weight excluding hydrogens is 324 g/mol. The normalized spacial score (nSPS) is 10.0. The van der Waals surface area contributed by atoms with Crippen molar-refractivity contribution in [2.24, 2.45) is 0 Å². The predicted octanol–water partition coefficient (Wildman–Crippen LogP) is 2.79. The van der Waals surface area contributed by atoms with Crippen molar-refractivity contribution in [3.8, 4) is 17.2 Å². The van der Waals surface area contributed by atoms with Gasteiger partial charge in [0.1, 0.15) is 12.2 Å². The molecule has 2 aromatic carbocycles. The molecule has 0 saturated heterocycles. The third-order valence-corrected chi connectivity index (χ3v) is 3.58. The van der Waals surface area contributed by atoms with E-state index in [2.05, 4.69) is 0 Å². The van der Waals surface area contributed by atoms with Gasteiger partial charge in [-0.3, -0.25) is 14.4 Å². The van der Waals surface area contributed by atoms with Gasteiger partial charge >= 0.3 is 0 Å². The van der Waals surface area contributed by atoms with Crippen LogP contribution in [0.25, 0.3) is 0 Å². The molecule has 0 aliphatic rings. The zero-order valence-electron chi connectivity index (χ0n) is 14.1. The average molecular weight is 341 g/mol. The first-order valence-corrected chi connectivity index (χ1v) is 7.32. The molecule has 1 radical (unpaired) electrons. The molecule has 0 aromatic heterocycles. The number of ether oxygens (including phenoxy) is 3. The van der Waals surface area contributed by atoms with E-state index >= 15 is 0 Å². The van der Waals surface area contributed by atoms with Crippen LogP contribution in [0.4, 0.5) is 0 Å². The number of rotatable bonds is 8. The van der Waals surface area contributed by atoms with E-state index in [9.17, 15) is 14.4 Å². The molecule has 6 nitrogen and oxygen atoms in total. The average Bonchev–Trinajstić information content (AvgIpc) is 2.66. The van der Waals surface area contributed by atoms with Gasteiger partial charge in [0.05, 0.1) is 26.9 Å². The zero-order valence-corrected chi connectivity index (χ0v) is 14.1. The molecule has 0 N–H and O–H groups in total. The molecule has 129 valence electrons. The second-order valence-corrected chi connectivity index (χ2v) is 5.02. The van der Waals surface area contributed by atoms with Gasteiger partial charge in [-0.2, -0.15) is 0 Å². The number of hydrogen-bond donors (Lipinski definition) is 0. The van der Waals surface area contributed by atoms with E-state index in [0.717, 1.165) is 6.42 Å². The fourth-order valence-corrected chi connectivity index (χ4v) is 2.24. The Balaban J connectivity index is 2.20. The van der Waals surface area contributed by atoms with Crippen LogP contribution in [0.1, 0.15) is 31.1 Å². The lowest BCUT2D eigenvalue weighted by atomic mass is 10.00. The molecule has 0 aliphatic carbocycles. The Morgan fingerprint density at radius 1 is 0.760 bits per heavy atom. The standard InChI is InChI=1S/C19H17O6/c1-23-17-7-6-13(9-19(17)25-3)16(22)10-15(21)12-4-5-14(11-20)18(8-12)24-2/h4-11H,1-3H3. The van der Waals surface area contributed by atoms with E-state index in [4.69, 9.17) is 14.2 Å². The molecule has 2 aromatic rings. The summed E-state index contributed by atoms with van der Waals surface area (Å²) in [5.41, 5.74) is 0.865. The number of Topliss-reactive ketones (excluding diaryl/α,β-unsaturated/α-hetero) is 2. The molecule has 2 rings (SSSR count). The van der Waals surface area contributed by atoms with Gasteiger partial charge in [-0.25, -0.2) is 0 Å². The quantitative estimate of drug-likeness (QED) is 0.417. The Bertz CT molecular complexity index is 810. The third kappa shape index (κ3) is 4.03. The largest absolute Gasteiger partial charge is 0.496 e. The fraction of sp³-hybridized carbons (Fsp3) is 0.158. The molecule has 0 heterocycles. The van der Waals surface area contributed by atoms with Gasteiger partial charge in [0.15, 0.2) is 29.4 Å². The number of benzene rings is 2. The van der Waals surface area contributed by atoms with Crippen LogP contribution in [-0.2, 0) is 0 Å². The second kappa shape index (κ2) is 8.10. The van der Waals surface area contributed by atoms with Crippen LogP contribution in [0.3, 0.4) is 0 Å². The molecule has 0 fully saturated rings. The minimum absolute atomic E-state index is 0.247. The summed E-state index contributed by atoms with van der Waals surface area (Å²) >= 11 is 0. The topological polar surface area (TPSA) is 78.9 Å². The highest BCUT2D eigenvalue weighted by molar-refractivity contribution is 6.23. The maximum Gasteiger partial charge on any atom is 0.175 e. The van der Waals surface area contributed by atoms with Gasteiger partial charge in [-0.05, 0) is 30.3 Å². The van der Waals surface area contributed by atoms with Crippen molar-refractivity contribution in [1.29, 1.82) is 0 Å². The lowest BCUT2D eigenvalue weighted by Crippen LogP contribution is -2.10. The lowest BCUT2D eigenvalue weighted by Gasteiger charge is -2.09. The fourth-order valence-electron chi connectivity index (χ4n) is 2.24. The van der Waals surface area contributed by atoms with E-state index in [0.29, 0.717) is 28.9 Å². The predicted molar refractivity (Wildman–Crippen MR) is 90.9 cm³/mol. The van der Waals surface area contributed by atoms with Crippen molar-refractivity contribution in [3.63, 3.8) is 0 Å². The van der Waals surface area contributed by atoms with Crippen molar-refractivity contribution in [2.75, 3.05) is 21.3 Å². The third-order valence-electron chi connectivity index (χ3n) is 3.58. The first-order chi connectivity index (χ1) is 12.0. The number of aldehydes is 1. The summed E-state index contributed by atoms with van der Waals surface area (Å²) in [6, 6.07) is 8.99. The van der Waals surface area contributed by atoms with E-state index in [1.54, 1.807) is 12.1 Å². The molecule has 0 atom stereocenters. The molecule has 0 unspecified atom stereocenters. The first-order valence-electron chi connectivity index (χ1n) is 7.32. The lowest BCUT2D eigenvalue weighted by molar-refractivity contribution is 0.0955. The van der Waals surface area contributed by atoms with Crippen LogP contribution in [0.2, 0.25) is 0 Å². The summed E-state index contributed by atoms with van der Waals surface area (Å²) in [5, 5.41) is 0. The molecule has 0 saturated carbocycles. The summed E-state index contributed by atoms with van der Waals surface area (Å²) in [7, 11) is 4.35. The smallest absolute Gasteiger partial charge is 0.175 e. The Morgan fingerprint density at radius 3 is 1.80 bits per heavy atom. The summed E-state index contributed by atoms with van der Waals surface area (Å²) in [6.07, 6.45) is 1.61. The van der Waals surface area contributed by atoms with Crippen molar-refractivity contribution in [2.45, 2.75) is 0 Å². The number of carbonyl (C=O) groups is 3. The Kier molecular flexibility index (Phi) is 5.89. The highest BCUT2D eigenvalue weighted by Crippen LogP contribution is 2.28. The molecule has 0 spiro atoms. The Hall–Kier alpha value is -3.15. The van der Waals surface area contributed by atoms with Crippen LogP contribution in [0, 0.1) is 6.42 Å². The van der Waals surface area contributed by atoms with Gasteiger partial charge < -0.3 is 14.2 Å². The van der Waals surface area contributed by atoms with Crippen molar-refractivity contribution >= 4 is 17.9 Å². The number of ketones is 2. The van der Waals surface area contributed by atoms with Gasteiger partial charge in [-0.1, -0.05) is 6.07 Å². The van der Waals surface area contributed by atoms with Gasteiger partial charge in [0.2, 0.25) is 0 Å². The minimum Gasteiger partial charge on any atom is -0.496 e. The van der Waals surface area contributed by atoms with Crippen LogP contribution < -0.4 is 14.2 Å². The molecule has 25 heavy (non-hydrogen) atoms. The van der Waals surface area contributed by atoms with Crippen molar-refractivity contribution in [3.05, 3.63) is 59.5 Å². The van der Waals surface area contributed by atoms with Crippen molar-refractivity contribution < 1.29 is 28.6 Å². The van der Waals surface area contributed by atoms with Crippen LogP contribution in [0.15, 0.2) is 36.4 Å². The molecular formula is C19H17O6. The van der Waals surface area contributed by atoms with E-state index in [-0.39, 0.29) is 11.3 Å². The number of hydrogen-bond acceptors (Lipinski definition) is 6. The summed E-state index contributed by atoms with van der Waals surface area (Å²) in [6.45, 7) is 0. The zero-order chi connectivity index (χ0) is 18.4. The van der Waals surface area contributed by atoms with E-state index < -0.39 is 11.6 Å². The Morgan fingerprint density at radius 2 is 1.28 bits per heavy atom. The molecule has 6 heteroatoms. The maximum absolute atomic E-state index is 12.3. The van der Waals surface area contributed by atoms with Gasteiger partial charge in [0, 0.05) is 11.1 Å². The highest BCUT2D eigenvalue weighted by atomic mass is 16.5. The first kappa shape index (κ1) is 18.2. The number of carbonyl (C=O) groups excluding carboxylic acids is 3. The summed E-state index contributed by atoms with van der Waals surface area (Å²) in [4.78, 5) is 35.5. The molecule has 0 aliphatic heterocycles. The van der Waals surface area contributed by atoms with Gasteiger partial charge in [0.25, 0.3) is 0 Å². The molecule has 0 bridgehead atoms. The van der Waals surface area contributed by atoms with Crippen LogP contribution >= 0.6 is 0 Å². The van der Waals surface area contributed by atoms with E-state index in [1.807, 2.05) is 0 Å². The number of methoxy groups -OCH3 is 3. The SMILES string of the molecule is COc1cc(C(=O)[CH]C(=O)c2ccc(OC)c(OC)c2)ccc1C=O. The minimum atomic E-state index is -0.490. The highest BCUT2D eigenvalue weighted by Gasteiger charge is 2.17. The van der Waals surface area contributed by atoms with Gasteiger partial charge in [-0.15, -0.1) is 0 Å².